The summed E-state index contributed by atoms with van der Waals surface area (Å²) in [4.78, 5) is 30.8. The van der Waals surface area contributed by atoms with Crippen molar-refractivity contribution in [1.29, 1.82) is 0 Å². The lowest BCUT2D eigenvalue weighted by Gasteiger charge is -2.47. The normalized spacial score (nSPS) is 20.9. The molecule has 6 heteroatoms. The van der Waals surface area contributed by atoms with Gasteiger partial charge in [-0.05, 0) is 41.5 Å². The van der Waals surface area contributed by atoms with E-state index in [4.69, 9.17) is 0 Å². The molecule has 1 aliphatic heterocycles. The summed E-state index contributed by atoms with van der Waals surface area (Å²) in [5.74, 6) is -0.175. The average Bonchev–Trinajstić information content (AvgIpc) is 3.50. The van der Waals surface area contributed by atoms with E-state index in [1.165, 1.54) is 19.3 Å². The highest BCUT2D eigenvalue weighted by Gasteiger charge is 2.52. The van der Waals surface area contributed by atoms with Crippen molar-refractivity contribution in [2.75, 3.05) is 0 Å². The van der Waals surface area contributed by atoms with Crippen LogP contribution in [0, 0.1) is 0 Å². The largest absolute Gasteiger partial charge is 0.351 e. The minimum atomic E-state index is -1.16. The Morgan fingerprint density at radius 3 is 2.32 bits per heavy atom. The smallest absolute Gasteiger partial charge is 0.272 e. The summed E-state index contributed by atoms with van der Waals surface area (Å²) in [6.07, 6.45) is 7.97. The molecule has 6 rings (SSSR count). The van der Waals surface area contributed by atoms with Gasteiger partial charge in [-0.15, -0.1) is 11.3 Å². The van der Waals surface area contributed by atoms with Crippen LogP contribution in [0.3, 0.4) is 0 Å². The number of nitrogens with zero attached hydrogens (tertiary/aromatic N) is 2. The molecule has 0 radical (unpaired) electrons. The Morgan fingerprint density at radius 1 is 0.919 bits per heavy atom. The minimum absolute atomic E-state index is 0.0729. The van der Waals surface area contributed by atoms with Crippen molar-refractivity contribution in [2.45, 2.75) is 69.6 Å². The van der Waals surface area contributed by atoms with Crippen molar-refractivity contribution >= 4 is 33.4 Å². The van der Waals surface area contributed by atoms with Crippen molar-refractivity contribution in [3.8, 4) is 0 Å². The molecule has 2 aromatic heterocycles. The quantitative estimate of drug-likeness (QED) is 0.333. The number of thiophene rings is 1. The number of carbonyl (C=O) groups is 2. The molecule has 37 heavy (non-hydrogen) atoms. The molecule has 2 aromatic carbocycles. The van der Waals surface area contributed by atoms with E-state index in [0.717, 1.165) is 47.0 Å². The van der Waals surface area contributed by atoms with E-state index < -0.39 is 5.54 Å². The molecule has 1 aliphatic carbocycles. The molecule has 4 aromatic rings. The van der Waals surface area contributed by atoms with Crippen LogP contribution in [0.1, 0.15) is 66.6 Å². The Kier molecular flexibility index (Phi) is 6.59. The van der Waals surface area contributed by atoms with E-state index in [9.17, 15) is 9.59 Å². The van der Waals surface area contributed by atoms with Crippen LogP contribution in [0.4, 0.5) is 0 Å². The molecule has 1 saturated carbocycles. The predicted octanol–water partition coefficient (Wildman–Crippen LogP) is 6.48. The van der Waals surface area contributed by atoms with Crippen molar-refractivity contribution < 1.29 is 9.59 Å². The highest BCUT2D eigenvalue weighted by molar-refractivity contribution is 7.17. The van der Waals surface area contributed by atoms with Crippen LogP contribution in [0.2, 0.25) is 0 Å². The molecule has 0 bridgehead atoms. The zero-order valence-corrected chi connectivity index (χ0v) is 21.9. The summed E-state index contributed by atoms with van der Waals surface area (Å²) in [6, 6.07) is 24.1. The maximum absolute atomic E-state index is 14.6. The average molecular weight is 512 g/mol. The second kappa shape index (κ2) is 10.2. The maximum Gasteiger partial charge on any atom is 0.272 e. The Morgan fingerprint density at radius 2 is 1.59 bits per heavy atom. The van der Waals surface area contributed by atoms with Gasteiger partial charge in [0, 0.05) is 12.6 Å². The van der Waals surface area contributed by atoms with E-state index in [0.29, 0.717) is 18.8 Å². The van der Waals surface area contributed by atoms with E-state index in [1.807, 2.05) is 71.6 Å². The molecule has 0 saturated heterocycles. The van der Waals surface area contributed by atoms with Gasteiger partial charge in [-0.1, -0.05) is 92.8 Å². The molecule has 2 amide bonds. The van der Waals surface area contributed by atoms with Gasteiger partial charge in [0.2, 0.25) is 0 Å². The van der Waals surface area contributed by atoms with Crippen LogP contribution in [0.25, 0.3) is 10.2 Å². The van der Waals surface area contributed by atoms with Crippen LogP contribution in [-0.4, -0.2) is 27.3 Å². The third-order valence-electron chi connectivity index (χ3n) is 8.09. The van der Waals surface area contributed by atoms with E-state index in [-0.39, 0.29) is 17.9 Å². The number of rotatable bonds is 5. The maximum atomic E-state index is 14.6. The first kappa shape index (κ1) is 24.0. The minimum Gasteiger partial charge on any atom is -0.351 e. The van der Waals surface area contributed by atoms with Gasteiger partial charge in [0.15, 0.2) is 5.54 Å². The predicted molar refractivity (Wildman–Crippen MR) is 149 cm³/mol. The Bertz CT molecular complexity index is 1390. The highest BCUT2D eigenvalue weighted by atomic mass is 32.1. The highest BCUT2D eigenvalue weighted by Crippen LogP contribution is 2.41. The molecule has 5 nitrogen and oxygen atoms in total. The Balaban J connectivity index is 1.49. The third kappa shape index (κ3) is 4.37. The van der Waals surface area contributed by atoms with Crippen molar-refractivity contribution in [2.24, 2.45) is 0 Å². The second-order valence-corrected chi connectivity index (χ2v) is 11.4. The molecule has 0 spiro atoms. The van der Waals surface area contributed by atoms with Gasteiger partial charge in [-0.2, -0.15) is 0 Å². The first-order chi connectivity index (χ1) is 18.2. The summed E-state index contributed by atoms with van der Waals surface area (Å²) in [6.45, 7) is 0.759. The Hall–Kier alpha value is -3.38. The van der Waals surface area contributed by atoms with Gasteiger partial charge in [0.25, 0.3) is 11.8 Å². The topological polar surface area (TPSA) is 54.3 Å². The van der Waals surface area contributed by atoms with Crippen molar-refractivity contribution in [3.63, 3.8) is 0 Å². The van der Waals surface area contributed by atoms with Crippen LogP contribution in [0.5, 0.6) is 0 Å². The van der Waals surface area contributed by atoms with Crippen molar-refractivity contribution in [1.82, 2.24) is 14.8 Å². The summed E-state index contributed by atoms with van der Waals surface area (Å²) in [5.41, 5.74) is 2.38. The van der Waals surface area contributed by atoms with Crippen LogP contribution in [-0.2, 0) is 23.4 Å². The lowest BCUT2D eigenvalue weighted by atomic mass is 9.83. The number of carbonyl (C=O) groups excluding carboxylic acids is 2. The van der Waals surface area contributed by atoms with Crippen molar-refractivity contribution in [3.05, 3.63) is 95.0 Å². The van der Waals surface area contributed by atoms with Gasteiger partial charge < -0.3 is 14.8 Å². The van der Waals surface area contributed by atoms with E-state index >= 15 is 0 Å². The molecule has 1 fully saturated rings. The SMILES string of the molecule is O=C1c2cc3sccc3n2CC(C(=O)NC2CCCCCCC2)(c2ccccc2)N1Cc1ccccc1. The van der Waals surface area contributed by atoms with Gasteiger partial charge in [0.05, 0.1) is 16.8 Å². The number of benzene rings is 2. The fourth-order valence-corrected chi connectivity index (χ4v) is 6.94. The fourth-order valence-electron chi connectivity index (χ4n) is 6.11. The van der Waals surface area contributed by atoms with Crippen LogP contribution in [0.15, 0.2) is 78.2 Å². The zero-order valence-electron chi connectivity index (χ0n) is 21.1. The molecule has 3 heterocycles. The van der Waals surface area contributed by atoms with E-state index in [2.05, 4.69) is 21.3 Å². The molecule has 2 aliphatic rings. The number of hydrogen-bond acceptors (Lipinski definition) is 3. The molecule has 1 atom stereocenters. The summed E-state index contributed by atoms with van der Waals surface area (Å²) >= 11 is 1.63. The van der Waals surface area contributed by atoms with Crippen LogP contribution >= 0.6 is 11.3 Å². The molecule has 190 valence electrons. The first-order valence-corrected chi connectivity index (χ1v) is 14.3. The molecular formula is C31H33N3O2S. The number of amides is 2. The van der Waals surface area contributed by atoms with Gasteiger partial charge >= 0.3 is 0 Å². The lowest BCUT2D eigenvalue weighted by Crippen LogP contribution is -2.64. The zero-order chi connectivity index (χ0) is 25.2. The van der Waals surface area contributed by atoms with Gasteiger partial charge in [-0.25, -0.2) is 0 Å². The number of hydrogen-bond donors (Lipinski definition) is 1. The summed E-state index contributed by atoms with van der Waals surface area (Å²) < 4.78 is 3.15. The van der Waals surface area contributed by atoms with Gasteiger partial charge in [0.1, 0.15) is 5.69 Å². The number of nitrogens with one attached hydrogen (secondary N) is 1. The van der Waals surface area contributed by atoms with E-state index in [1.54, 1.807) is 11.3 Å². The molecular weight excluding hydrogens is 478 g/mol. The second-order valence-electron chi connectivity index (χ2n) is 10.4. The summed E-state index contributed by atoms with van der Waals surface area (Å²) in [5, 5.41) is 5.51. The number of fused-ring (bicyclic) bond motifs is 3. The van der Waals surface area contributed by atoms with Gasteiger partial charge in [-0.3, -0.25) is 9.59 Å². The lowest BCUT2D eigenvalue weighted by molar-refractivity contribution is -0.136. The third-order valence-corrected chi connectivity index (χ3v) is 8.94. The number of aromatic nitrogens is 1. The Labute approximate surface area is 222 Å². The summed E-state index contributed by atoms with van der Waals surface area (Å²) in [7, 11) is 0. The fraction of sp³-hybridized carbons (Fsp3) is 0.355. The van der Waals surface area contributed by atoms with Crippen LogP contribution < -0.4 is 5.32 Å². The molecule has 1 N–H and O–H groups in total. The molecule has 1 unspecified atom stereocenters. The first-order valence-electron chi connectivity index (χ1n) is 13.5. The monoisotopic (exact) mass is 511 g/mol. The standard InChI is InChI=1S/C31H33N3O2S/c35-29-27-20-28-26(18-19-37-28)33(27)22-31(24-14-8-5-9-15-24,34(29)21-23-12-6-4-7-13-23)30(36)32-25-16-10-2-1-3-11-17-25/h4-9,12-15,18-20,25H,1-3,10-11,16-17,21-22H2,(H,32,36).